The molecule has 0 saturated heterocycles. The molecular weight excluding hydrogens is 636 g/mol. The number of allylic oxidation sites excluding steroid dienone is 11. The van der Waals surface area contributed by atoms with Gasteiger partial charge in [-0.3, -0.25) is 14.4 Å². The van der Waals surface area contributed by atoms with Crippen molar-refractivity contribution in [2.75, 3.05) is 13.2 Å². The topological polar surface area (TPSA) is 78.9 Å². The Morgan fingerprint density at radius 1 is 0.431 bits per heavy atom. The van der Waals surface area contributed by atoms with Crippen LogP contribution in [0.25, 0.3) is 0 Å². The number of carbonyl (C=O) groups excluding carboxylic acids is 3. The summed E-state index contributed by atoms with van der Waals surface area (Å²) in [4.78, 5) is 37.4. The molecule has 0 aromatic carbocycles. The predicted molar refractivity (Wildman–Crippen MR) is 214 cm³/mol. The van der Waals surface area contributed by atoms with Gasteiger partial charge >= 0.3 is 17.9 Å². The standard InChI is InChI=1S/C45H74O6/c1-4-7-10-13-16-19-21-22-23-24-25-27-29-32-35-38-44(47)50-41-42(40-49-43(46)37-34-31-28-18-15-12-9-6-3)51-45(48)39-36-33-30-26-20-17-14-11-8-5-2/h7,10-11,14,16,19,22-23,25,27,32,35,42H,4-6,8-9,12-13,15,17-18,20-21,24,26,28-31,33-34,36-41H2,1-3H3/b10-7-,14-11-,19-16-,23-22-,27-25-,35-32-. The number of esters is 3. The minimum atomic E-state index is -0.813. The van der Waals surface area contributed by atoms with Crippen LogP contribution in [0.1, 0.15) is 175 Å². The lowest BCUT2D eigenvalue weighted by Crippen LogP contribution is -2.30. The summed E-state index contributed by atoms with van der Waals surface area (Å²) in [5.74, 6) is -1.07. The summed E-state index contributed by atoms with van der Waals surface area (Å²) in [6.45, 7) is 6.29. The molecule has 0 bridgehead atoms. The zero-order valence-electron chi connectivity index (χ0n) is 32.8. The van der Waals surface area contributed by atoms with Crippen molar-refractivity contribution in [3.05, 3.63) is 72.9 Å². The van der Waals surface area contributed by atoms with Crippen LogP contribution in [0.3, 0.4) is 0 Å². The van der Waals surface area contributed by atoms with Crippen molar-refractivity contribution in [2.24, 2.45) is 0 Å². The smallest absolute Gasteiger partial charge is 0.309 e. The van der Waals surface area contributed by atoms with E-state index in [1.807, 2.05) is 6.08 Å². The number of carbonyl (C=O) groups is 3. The van der Waals surface area contributed by atoms with Crippen molar-refractivity contribution in [3.8, 4) is 0 Å². The zero-order valence-corrected chi connectivity index (χ0v) is 32.8. The van der Waals surface area contributed by atoms with E-state index >= 15 is 0 Å². The molecule has 0 aromatic heterocycles. The second-order valence-corrected chi connectivity index (χ2v) is 13.2. The molecule has 0 saturated carbocycles. The van der Waals surface area contributed by atoms with Gasteiger partial charge in [-0.25, -0.2) is 0 Å². The lowest BCUT2D eigenvalue weighted by molar-refractivity contribution is -0.166. The molecule has 0 aromatic rings. The van der Waals surface area contributed by atoms with E-state index in [1.165, 1.54) is 44.9 Å². The maximum Gasteiger partial charge on any atom is 0.309 e. The van der Waals surface area contributed by atoms with Gasteiger partial charge < -0.3 is 14.2 Å². The SMILES string of the molecule is CC/C=C\C/C=C\C/C=C\C/C=C\C/C=C\CC(=O)OCC(COC(=O)CCCCCCCCCC)OC(=O)CCCCCCC/C=C\CCC. The Balaban J connectivity index is 4.51. The van der Waals surface area contributed by atoms with Crippen LogP contribution < -0.4 is 0 Å². The van der Waals surface area contributed by atoms with Gasteiger partial charge in [-0.05, 0) is 64.2 Å². The number of hydrogen-bond acceptors (Lipinski definition) is 6. The van der Waals surface area contributed by atoms with Crippen LogP contribution >= 0.6 is 0 Å². The average molecular weight is 711 g/mol. The molecule has 1 unspecified atom stereocenters. The molecule has 0 heterocycles. The summed E-state index contributed by atoms with van der Waals surface area (Å²) in [5, 5.41) is 0. The minimum Gasteiger partial charge on any atom is -0.462 e. The summed E-state index contributed by atoms with van der Waals surface area (Å²) in [5.41, 5.74) is 0. The molecule has 0 N–H and O–H groups in total. The quantitative estimate of drug-likeness (QED) is 0.0282. The fraction of sp³-hybridized carbons (Fsp3) is 0.667. The monoisotopic (exact) mass is 711 g/mol. The largest absolute Gasteiger partial charge is 0.462 e. The number of ether oxygens (including phenoxy) is 3. The Labute approximate surface area is 312 Å². The Bertz CT molecular complexity index is 1000. The first-order valence-corrected chi connectivity index (χ1v) is 20.4. The third kappa shape index (κ3) is 37.9. The van der Waals surface area contributed by atoms with Crippen LogP contribution in [0.5, 0.6) is 0 Å². The summed E-state index contributed by atoms with van der Waals surface area (Å²) >= 11 is 0. The van der Waals surface area contributed by atoms with E-state index in [0.717, 1.165) is 89.9 Å². The second kappa shape index (κ2) is 39.6. The molecule has 0 radical (unpaired) electrons. The Hall–Kier alpha value is -3.15. The molecule has 1 atom stereocenters. The van der Waals surface area contributed by atoms with Crippen LogP contribution in [-0.2, 0) is 28.6 Å². The zero-order chi connectivity index (χ0) is 37.3. The highest BCUT2D eigenvalue weighted by molar-refractivity contribution is 5.72. The highest BCUT2D eigenvalue weighted by Crippen LogP contribution is 2.12. The lowest BCUT2D eigenvalue weighted by atomic mass is 10.1. The van der Waals surface area contributed by atoms with E-state index in [9.17, 15) is 14.4 Å². The first-order chi connectivity index (χ1) is 25.0. The summed E-state index contributed by atoms with van der Waals surface area (Å²) in [7, 11) is 0. The van der Waals surface area contributed by atoms with Gasteiger partial charge in [0.2, 0.25) is 0 Å². The molecule has 51 heavy (non-hydrogen) atoms. The fourth-order valence-corrected chi connectivity index (χ4v) is 5.16. The summed E-state index contributed by atoms with van der Waals surface area (Å²) in [6, 6.07) is 0. The molecule has 290 valence electrons. The van der Waals surface area contributed by atoms with Gasteiger partial charge in [0.25, 0.3) is 0 Å². The van der Waals surface area contributed by atoms with Gasteiger partial charge in [0, 0.05) is 12.8 Å². The van der Waals surface area contributed by atoms with Gasteiger partial charge in [-0.1, -0.05) is 164 Å². The maximum absolute atomic E-state index is 12.6. The van der Waals surface area contributed by atoms with E-state index in [2.05, 4.69) is 81.5 Å². The molecule has 0 aliphatic carbocycles. The van der Waals surface area contributed by atoms with Crippen molar-refractivity contribution in [2.45, 2.75) is 181 Å². The third-order valence-corrected chi connectivity index (χ3v) is 8.21. The molecule has 6 nitrogen and oxygen atoms in total. The lowest BCUT2D eigenvalue weighted by Gasteiger charge is -2.18. The van der Waals surface area contributed by atoms with Crippen LogP contribution in [-0.4, -0.2) is 37.2 Å². The first kappa shape index (κ1) is 47.8. The molecule has 0 aliphatic rings. The van der Waals surface area contributed by atoms with E-state index in [4.69, 9.17) is 14.2 Å². The van der Waals surface area contributed by atoms with Crippen LogP contribution in [0, 0.1) is 0 Å². The molecule has 0 fully saturated rings. The molecule has 0 aliphatic heterocycles. The van der Waals surface area contributed by atoms with Crippen molar-refractivity contribution in [3.63, 3.8) is 0 Å². The van der Waals surface area contributed by atoms with Crippen molar-refractivity contribution in [1.82, 2.24) is 0 Å². The minimum absolute atomic E-state index is 0.109. The number of unbranched alkanes of at least 4 members (excludes halogenated alkanes) is 13. The molecule has 0 spiro atoms. The van der Waals surface area contributed by atoms with Gasteiger partial charge in [0.1, 0.15) is 13.2 Å². The Morgan fingerprint density at radius 2 is 0.882 bits per heavy atom. The normalized spacial score (nSPS) is 12.8. The predicted octanol–water partition coefficient (Wildman–Crippen LogP) is 12.7. The maximum atomic E-state index is 12.6. The number of hydrogen-bond donors (Lipinski definition) is 0. The van der Waals surface area contributed by atoms with E-state index in [1.54, 1.807) is 6.08 Å². The van der Waals surface area contributed by atoms with Crippen LogP contribution in [0.4, 0.5) is 0 Å². The van der Waals surface area contributed by atoms with Crippen LogP contribution in [0.15, 0.2) is 72.9 Å². The van der Waals surface area contributed by atoms with Gasteiger partial charge in [0.15, 0.2) is 6.10 Å². The van der Waals surface area contributed by atoms with E-state index in [0.29, 0.717) is 12.8 Å². The fourth-order valence-electron chi connectivity index (χ4n) is 5.16. The second-order valence-electron chi connectivity index (χ2n) is 13.2. The Kier molecular flexibility index (Phi) is 37.2. The third-order valence-electron chi connectivity index (χ3n) is 8.21. The van der Waals surface area contributed by atoms with E-state index < -0.39 is 12.1 Å². The van der Waals surface area contributed by atoms with Crippen molar-refractivity contribution >= 4 is 17.9 Å². The Morgan fingerprint density at radius 3 is 1.43 bits per heavy atom. The molecule has 0 rings (SSSR count). The molecular formula is C45H74O6. The average Bonchev–Trinajstić information content (AvgIpc) is 3.12. The van der Waals surface area contributed by atoms with Crippen molar-refractivity contribution < 1.29 is 28.6 Å². The molecule has 0 amide bonds. The van der Waals surface area contributed by atoms with Gasteiger partial charge in [-0.2, -0.15) is 0 Å². The first-order valence-electron chi connectivity index (χ1n) is 20.4. The highest BCUT2D eigenvalue weighted by Gasteiger charge is 2.19. The summed E-state index contributed by atoms with van der Waals surface area (Å²) < 4.78 is 16.5. The summed E-state index contributed by atoms with van der Waals surface area (Å²) in [6.07, 6.45) is 47.7. The molecule has 6 heteroatoms. The highest BCUT2D eigenvalue weighted by atomic mass is 16.6. The van der Waals surface area contributed by atoms with Gasteiger partial charge in [-0.15, -0.1) is 0 Å². The van der Waals surface area contributed by atoms with Gasteiger partial charge in [0.05, 0.1) is 6.42 Å². The number of rotatable bonds is 35. The van der Waals surface area contributed by atoms with Crippen molar-refractivity contribution in [1.29, 1.82) is 0 Å². The van der Waals surface area contributed by atoms with E-state index in [-0.39, 0.29) is 31.6 Å². The van der Waals surface area contributed by atoms with Crippen LogP contribution in [0.2, 0.25) is 0 Å².